The highest BCUT2D eigenvalue weighted by atomic mass is 32.2. The number of nitrogens with one attached hydrogen (secondary N) is 1. The van der Waals surface area contributed by atoms with Crippen LogP contribution in [0.2, 0.25) is 0 Å². The number of carbonyl (C=O) groups is 1. The summed E-state index contributed by atoms with van der Waals surface area (Å²) in [5.41, 5.74) is 0.321. The number of piperidine rings is 1. The molecule has 1 N–H and O–H groups in total. The van der Waals surface area contributed by atoms with E-state index >= 15 is 0 Å². The number of ether oxygens (including phenoxy) is 1. The van der Waals surface area contributed by atoms with Crippen molar-refractivity contribution in [2.75, 3.05) is 37.9 Å². The molecule has 122 valence electrons. The van der Waals surface area contributed by atoms with E-state index in [9.17, 15) is 13.2 Å². The summed E-state index contributed by atoms with van der Waals surface area (Å²) < 4.78 is 29.7. The second-order valence-corrected chi connectivity index (χ2v) is 7.16. The summed E-state index contributed by atoms with van der Waals surface area (Å²) in [6, 6.07) is 0. The zero-order valence-electron chi connectivity index (χ0n) is 12.7. The summed E-state index contributed by atoms with van der Waals surface area (Å²) in [5.74, 6) is 0.224. The minimum Gasteiger partial charge on any atom is -0.465 e. The van der Waals surface area contributed by atoms with Crippen LogP contribution in [0.25, 0.3) is 0 Å². The Labute approximate surface area is 129 Å². The third-order valence-corrected chi connectivity index (χ3v) is 4.24. The molecular formula is C13H20N4O4S. The summed E-state index contributed by atoms with van der Waals surface area (Å²) >= 11 is 0. The average Bonchev–Trinajstić information content (AvgIpc) is 2.52. The first-order chi connectivity index (χ1) is 10.4. The number of carbonyl (C=O) groups excluding carboxylic acids is 1. The summed E-state index contributed by atoms with van der Waals surface area (Å²) in [7, 11) is -1.89. The van der Waals surface area contributed by atoms with Gasteiger partial charge in [-0.15, -0.1) is 0 Å². The molecule has 2 rings (SSSR count). The lowest BCUT2D eigenvalue weighted by Gasteiger charge is -2.34. The molecule has 1 aromatic heterocycles. The molecule has 1 atom stereocenters. The number of hydrogen-bond donors (Lipinski definition) is 1. The van der Waals surface area contributed by atoms with Gasteiger partial charge in [0.15, 0.2) is 0 Å². The Morgan fingerprint density at radius 3 is 3.00 bits per heavy atom. The van der Waals surface area contributed by atoms with Crippen LogP contribution in [0.3, 0.4) is 0 Å². The summed E-state index contributed by atoms with van der Waals surface area (Å²) in [4.78, 5) is 21.8. The van der Waals surface area contributed by atoms with Crippen molar-refractivity contribution in [1.29, 1.82) is 0 Å². The molecular weight excluding hydrogens is 308 g/mol. The quantitative estimate of drug-likeness (QED) is 0.761. The molecule has 2 heterocycles. The molecule has 1 saturated heterocycles. The third-order valence-electron chi connectivity index (χ3n) is 3.55. The Bertz CT molecular complexity index is 635. The van der Waals surface area contributed by atoms with E-state index in [1.54, 1.807) is 0 Å². The molecule has 0 aromatic carbocycles. The highest BCUT2D eigenvalue weighted by molar-refractivity contribution is 7.88. The van der Waals surface area contributed by atoms with Gasteiger partial charge in [0.25, 0.3) is 0 Å². The Morgan fingerprint density at radius 1 is 1.55 bits per heavy atom. The van der Waals surface area contributed by atoms with Gasteiger partial charge in [0, 0.05) is 25.8 Å². The normalized spacial score (nSPS) is 19.0. The molecule has 8 nitrogen and oxygen atoms in total. The Hall–Kier alpha value is -1.74. The standard InChI is InChI=1S/C13H20N4O4S/c1-21-13(18)11-7-14-9-15-12(11)17-5-3-4-10(8-17)6-16-22(2,19)20/h7,9-10,16H,3-6,8H2,1-2H3/t10-/m0/s1. The molecule has 0 unspecified atom stereocenters. The topological polar surface area (TPSA) is 101 Å². The van der Waals surface area contributed by atoms with Gasteiger partial charge in [-0.1, -0.05) is 0 Å². The van der Waals surface area contributed by atoms with Gasteiger partial charge in [-0.05, 0) is 18.8 Å². The van der Waals surface area contributed by atoms with Crippen molar-refractivity contribution in [1.82, 2.24) is 14.7 Å². The van der Waals surface area contributed by atoms with Crippen molar-refractivity contribution in [3.8, 4) is 0 Å². The number of aromatic nitrogens is 2. The van der Waals surface area contributed by atoms with E-state index in [-0.39, 0.29) is 5.92 Å². The lowest BCUT2D eigenvalue weighted by atomic mass is 9.98. The van der Waals surface area contributed by atoms with Gasteiger partial charge in [-0.3, -0.25) is 0 Å². The molecule has 1 aliphatic heterocycles. The van der Waals surface area contributed by atoms with E-state index in [1.165, 1.54) is 19.6 Å². The average molecular weight is 328 g/mol. The molecule has 0 amide bonds. The lowest BCUT2D eigenvalue weighted by molar-refractivity contribution is 0.0600. The maximum atomic E-state index is 11.8. The van der Waals surface area contributed by atoms with Crippen molar-refractivity contribution in [2.45, 2.75) is 12.8 Å². The van der Waals surface area contributed by atoms with Gasteiger partial charge < -0.3 is 9.64 Å². The zero-order chi connectivity index (χ0) is 16.2. The first-order valence-electron chi connectivity index (χ1n) is 6.98. The van der Waals surface area contributed by atoms with E-state index < -0.39 is 16.0 Å². The Balaban J connectivity index is 2.11. The summed E-state index contributed by atoms with van der Waals surface area (Å²) in [6.07, 6.45) is 5.80. The van der Waals surface area contributed by atoms with E-state index in [4.69, 9.17) is 4.74 Å². The number of esters is 1. The van der Waals surface area contributed by atoms with Crippen LogP contribution in [0.15, 0.2) is 12.5 Å². The predicted octanol–water partition coefficient (Wildman–Crippen LogP) is 0.0288. The Kier molecular flexibility index (Phi) is 5.30. The van der Waals surface area contributed by atoms with Crippen molar-refractivity contribution in [3.05, 3.63) is 18.1 Å². The monoisotopic (exact) mass is 328 g/mol. The van der Waals surface area contributed by atoms with Crippen LogP contribution in [0.5, 0.6) is 0 Å². The summed E-state index contributed by atoms with van der Waals surface area (Å²) in [6.45, 7) is 1.77. The van der Waals surface area contributed by atoms with Gasteiger partial charge >= 0.3 is 5.97 Å². The molecule has 0 bridgehead atoms. The van der Waals surface area contributed by atoms with Crippen molar-refractivity contribution in [2.24, 2.45) is 5.92 Å². The fraction of sp³-hybridized carbons (Fsp3) is 0.615. The van der Waals surface area contributed by atoms with Crippen LogP contribution in [-0.2, 0) is 14.8 Å². The number of sulfonamides is 1. The van der Waals surface area contributed by atoms with Crippen LogP contribution in [0, 0.1) is 5.92 Å². The smallest absolute Gasteiger partial charge is 0.343 e. The first-order valence-corrected chi connectivity index (χ1v) is 8.87. The molecule has 1 aromatic rings. The molecule has 1 aliphatic rings. The maximum absolute atomic E-state index is 11.8. The predicted molar refractivity (Wildman–Crippen MR) is 81.2 cm³/mol. The number of anilines is 1. The van der Waals surface area contributed by atoms with E-state index in [0.29, 0.717) is 24.5 Å². The van der Waals surface area contributed by atoms with E-state index in [0.717, 1.165) is 25.6 Å². The Morgan fingerprint density at radius 2 is 2.32 bits per heavy atom. The first kappa shape index (κ1) is 16.6. The lowest BCUT2D eigenvalue weighted by Crippen LogP contribution is -2.41. The maximum Gasteiger partial charge on any atom is 0.343 e. The van der Waals surface area contributed by atoms with Crippen LogP contribution in [0.1, 0.15) is 23.2 Å². The molecule has 0 saturated carbocycles. The van der Waals surface area contributed by atoms with Crippen LogP contribution in [0.4, 0.5) is 5.82 Å². The van der Waals surface area contributed by atoms with Gasteiger partial charge in [-0.25, -0.2) is 27.9 Å². The molecule has 0 radical (unpaired) electrons. The van der Waals surface area contributed by atoms with Gasteiger partial charge in [0.1, 0.15) is 17.7 Å². The van der Waals surface area contributed by atoms with Crippen molar-refractivity contribution < 1.29 is 17.9 Å². The van der Waals surface area contributed by atoms with Gasteiger partial charge in [0.05, 0.1) is 13.4 Å². The van der Waals surface area contributed by atoms with Gasteiger partial charge in [0.2, 0.25) is 10.0 Å². The minimum atomic E-state index is -3.20. The number of nitrogens with zero attached hydrogens (tertiary/aromatic N) is 3. The number of methoxy groups -OCH3 is 1. The summed E-state index contributed by atoms with van der Waals surface area (Å²) in [5, 5.41) is 0. The van der Waals surface area contributed by atoms with E-state index in [2.05, 4.69) is 14.7 Å². The molecule has 9 heteroatoms. The molecule has 22 heavy (non-hydrogen) atoms. The van der Waals surface area contributed by atoms with Gasteiger partial charge in [-0.2, -0.15) is 0 Å². The fourth-order valence-electron chi connectivity index (χ4n) is 2.52. The second kappa shape index (κ2) is 7.01. The minimum absolute atomic E-state index is 0.170. The van der Waals surface area contributed by atoms with Crippen LogP contribution < -0.4 is 9.62 Å². The highest BCUT2D eigenvalue weighted by Gasteiger charge is 2.25. The SMILES string of the molecule is COC(=O)c1cncnc1N1CCC[C@@H](CNS(C)(=O)=O)C1. The number of hydrogen-bond acceptors (Lipinski definition) is 7. The third kappa shape index (κ3) is 4.38. The van der Waals surface area contributed by atoms with Crippen LogP contribution in [-0.4, -0.2) is 57.4 Å². The molecule has 0 aliphatic carbocycles. The zero-order valence-corrected chi connectivity index (χ0v) is 13.5. The van der Waals surface area contributed by atoms with Crippen LogP contribution >= 0.6 is 0 Å². The van der Waals surface area contributed by atoms with Crippen molar-refractivity contribution in [3.63, 3.8) is 0 Å². The number of rotatable bonds is 5. The molecule has 0 spiro atoms. The fourth-order valence-corrected chi connectivity index (χ4v) is 3.06. The largest absolute Gasteiger partial charge is 0.465 e. The highest BCUT2D eigenvalue weighted by Crippen LogP contribution is 2.24. The van der Waals surface area contributed by atoms with E-state index in [1.807, 2.05) is 4.90 Å². The second-order valence-electron chi connectivity index (χ2n) is 5.33. The van der Waals surface area contributed by atoms with Crippen molar-refractivity contribution >= 4 is 21.8 Å². The molecule has 1 fully saturated rings.